The molecule has 3 nitrogen and oxygen atoms in total. The molecular formula is C14H18BrNO2. The Kier molecular flexibility index (Phi) is 2.49. The molecule has 1 saturated carbocycles. The third kappa shape index (κ3) is 1.74. The smallest absolute Gasteiger partial charge is 0.246 e. The third-order valence-electron chi connectivity index (χ3n) is 3.94. The van der Waals surface area contributed by atoms with Gasteiger partial charge in [-0.25, -0.2) is 0 Å². The normalized spacial score (nSPS) is 23.8. The molecule has 1 aliphatic carbocycles. The van der Waals surface area contributed by atoms with Crippen LogP contribution in [0.5, 0.6) is 11.5 Å². The maximum atomic E-state index is 6.14. The van der Waals surface area contributed by atoms with Crippen molar-refractivity contribution in [1.29, 1.82) is 0 Å². The quantitative estimate of drug-likeness (QED) is 0.911. The van der Waals surface area contributed by atoms with Crippen LogP contribution in [0.4, 0.5) is 0 Å². The second-order valence-electron chi connectivity index (χ2n) is 5.83. The summed E-state index contributed by atoms with van der Waals surface area (Å²) in [6.45, 7) is 5.91. The molecule has 0 bridgehead atoms. The van der Waals surface area contributed by atoms with E-state index in [9.17, 15) is 0 Å². The molecular weight excluding hydrogens is 294 g/mol. The molecule has 2 N–H and O–H groups in total. The molecule has 0 saturated heterocycles. The molecule has 18 heavy (non-hydrogen) atoms. The fourth-order valence-corrected chi connectivity index (χ4v) is 3.45. The minimum absolute atomic E-state index is 0.115. The summed E-state index contributed by atoms with van der Waals surface area (Å²) in [5, 5.41) is 0. The van der Waals surface area contributed by atoms with Crippen LogP contribution in [0.25, 0.3) is 0 Å². The van der Waals surface area contributed by atoms with Gasteiger partial charge in [0.15, 0.2) is 11.5 Å². The van der Waals surface area contributed by atoms with Crippen molar-refractivity contribution in [2.24, 2.45) is 5.73 Å². The number of hydrogen-bond donors (Lipinski definition) is 1. The molecule has 0 radical (unpaired) electrons. The first kappa shape index (κ1) is 12.3. The minimum atomic E-state index is -0.578. The lowest BCUT2D eigenvalue weighted by molar-refractivity contribution is -0.0431. The van der Waals surface area contributed by atoms with Gasteiger partial charge >= 0.3 is 0 Å². The van der Waals surface area contributed by atoms with Gasteiger partial charge in [-0.2, -0.15) is 0 Å². The lowest BCUT2D eigenvalue weighted by atomic mass is 9.89. The Hall–Kier alpha value is -0.740. The fraction of sp³-hybridized carbons (Fsp3) is 0.571. The maximum Gasteiger partial charge on any atom is 0.246 e. The van der Waals surface area contributed by atoms with Gasteiger partial charge in [-0.3, -0.25) is 0 Å². The number of rotatable bonds is 2. The first-order valence-electron chi connectivity index (χ1n) is 6.32. The van der Waals surface area contributed by atoms with Gasteiger partial charge in [0, 0.05) is 29.8 Å². The Balaban J connectivity index is 2.05. The SMILES string of the molecule is CC(N)C1(c2cc3c(cc2Br)OC(C)(C)O3)CC1. The molecule has 1 aliphatic heterocycles. The first-order chi connectivity index (χ1) is 8.34. The average Bonchev–Trinajstić information content (AvgIpc) is 2.97. The number of fused-ring (bicyclic) bond motifs is 1. The van der Waals surface area contributed by atoms with Gasteiger partial charge in [0.2, 0.25) is 5.79 Å². The van der Waals surface area contributed by atoms with E-state index in [1.165, 1.54) is 5.56 Å². The Morgan fingerprint density at radius 3 is 2.28 bits per heavy atom. The summed E-state index contributed by atoms with van der Waals surface area (Å²) in [6, 6.07) is 4.24. The zero-order valence-corrected chi connectivity index (χ0v) is 12.5. The molecule has 3 rings (SSSR count). The number of halogens is 1. The Bertz CT molecular complexity index is 507. The van der Waals surface area contributed by atoms with E-state index >= 15 is 0 Å². The third-order valence-corrected chi connectivity index (χ3v) is 4.60. The second-order valence-corrected chi connectivity index (χ2v) is 6.68. The van der Waals surface area contributed by atoms with Gasteiger partial charge in [0.1, 0.15) is 0 Å². The van der Waals surface area contributed by atoms with E-state index in [0.717, 1.165) is 28.8 Å². The van der Waals surface area contributed by atoms with Crippen molar-refractivity contribution in [1.82, 2.24) is 0 Å². The van der Waals surface area contributed by atoms with Gasteiger partial charge in [-0.1, -0.05) is 15.9 Å². The van der Waals surface area contributed by atoms with Crippen LogP contribution < -0.4 is 15.2 Å². The van der Waals surface area contributed by atoms with Crippen molar-refractivity contribution in [2.75, 3.05) is 0 Å². The van der Waals surface area contributed by atoms with E-state index in [-0.39, 0.29) is 11.5 Å². The second kappa shape index (κ2) is 3.64. The number of benzene rings is 1. The molecule has 0 amide bonds. The molecule has 2 aliphatic rings. The van der Waals surface area contributed by atoms with Crippen LogP contribution in [0.2, 0.25) is 0 Å². The average molecular weight is 312 g/mol. The Morgan fingerprint density at radius 2 is 1.78 bits per heavy atom. The van der Waals surface area contributed by atoms with Crippen molar-refractivity contribution >= 4 is 15.9 Å². The van der Waals surface area contributed by atoms with Crippen LogP contribution >= 0.6 is 15.9 Å². The summed E-state index contributed by atoms with van der Waals surface area (Å²) in [5.74, 6) is 1.05. The summed E-state index contributed by atoms with van der Waals surface area (Å²) in [4.78, 5) is 0. The highest BCUT2D eigenvalue weighted by atomic mass is 79.9. The van der Waals surface area contributed by atoms with Crippen LogP contribution in [0.15, 0.2) is 16.6 Å². The Morgan fingerprint density at radius 1 is 1.22 bits per heavy atom. The van der Waals surface area contributed by atoms with Gasteiger partial charge in [-0.05, 0) is 37.5 Å². The lowest BCUT2D eigenvalue weighted by Crippen LogP contribution is -2.31. The summed E-state index contributed by atoms with van der Waals surface area (Å²) in [6.07, 6.45) is 2.29. The zero-order chi connectivity index (χ0) is 13.1. The van der Waals surface area contributed by atoms with E-state index < -0.39 is 5.79 Å². The van der Waals surface area contributed by atoms with Crippen molar-refractivity contribution in [3.8, 4) is 11.5 Å². The van der Waals surface area contributed by atoms with E-state index in [1.807, 2.05) is 19.9 Å². The molecule has 4 heteroatoms. The van der Waals surface area contributed by atoms with Crippen molar-refractivity contribution in [3.05, 3.63) is 22.2 Å². The molecule has 1 unspecified atom stereocenters. The van der Waals surface area contributed by atoms with Crippen molar-refractivity contribution in [2.45, 2.75) is 50.9 Å². The number of hydrogen-bond acceptors (Lipinski definition) is 3. The topological polar surface area (TPSA) is 44.5 Å². The largest absolute Gasteiger partial charge is 0.449 e. The van der Waals surface area contributed by atoms with Crippen molar-refractivity contribution in [3.63, 3.8) is 0 Å². The summed E-state index contributed by atoms with van der Waals surface area (Å²) in [5.41, 5.74) is 7.50. The Labute approximate surface area is 116 Å². The molecule has 1 fully saturated rings. The lowest BCUT2D eigenvalue weighted by Gasteiger charge is -2.21. The maximum absolute atomic E-state index is 6.14. The van der Waals surface area contributed by atoms with E-state index in [4.69, 9.17) is 15.2 Å². The van der Waals surface area contributed by atoms with Gasteiger partial charge in [0.05, 0.1) is 0 Å². The van der Waals surface area contributed by atoms with E-state index in [0.29, 0.717) is 0 Å². The van der Waals surface area contributed by atoms with E-state index in [1.54, 1.807) is 0 Å². The van der Waals surface area contributed by atoms with Crippen LogP contribution in [0.1, 0.15) is 39.2 Å². The predicted molar refractivity (Wildman–Crippen MR) is 74.0 cm³/mol. The highest BCUT2D eigenvalue weighted by molar-refractivity contribution is 9.10. The molecule has 0 spiro atoms. The molecule has 98 valence electrons. The van der Waals surface area contributed by atoms with Crippen LogP contribution in [0.3, 0.4) is 0 Å². The molecule has 1 heterocycles. The van der Waals surface area contributed by atoms with Crippen LogP contribution in [0, 0.1) is 0 Å². The highest BCUT2D eigenvalue weighted by Gasteiger charge is 2.49. The molecule has 0 aromatic heterocycles. The fourth-order valence-electron chi connectivity index (χ4n) is 2.73. The monoisotopic (exact) mass is 311 g/mol. The molecule has 1 aromatic rings. The standard InChI is InChI=1S/C14H18BrNO2/c1-8(16)14(4-5-14)9-6-11-12(7-10(9)15)18-13(2,3)17-11/h6-8H,4-5,16H2,1-3H3. The first-order valence-corrected chi connectivity index (χ1v) is 7.11. The summed E-state index contributed by atoms with van der Waals surface area (Å²) >= 11 is 3.64. The molecule has 1 atom stereocenters. The summed E-state index contributed by atoms with van der Waals surface area (Å²) in [7, 11) is 0. The van der Waals surface area contributed by atoms with E-state index in [2.05, 4.69) is 28.9 Å². The van der Waals surface area contributed by atoms with Crippen LogP contribution in [-0.2, 0) is 5.41 Å². The van der Waals surface area contributed by atoms with Crippen molar-refractivity contribution < 1.29 is 9.47 Å². The predicted octanol–water partition coefficient (Wildman–Crippen LogP) is 3.34. The van der Waals surface area contributed by atoms with Gasteiger partial charge in [0.25, 0.3) is 0 Å². The molecule has 1 aromatic carbocycles. The number of nitrogens with two attached hydrogens (primary N) is 1. The minimum Gasteiger partial charge on any atom is -0.449 e. The van der Waals surface area contributed by atoms with Gasteiger partial charge < -0.3 is 15.2 Å². The number of ether oxygens (including phenoxy) is 2. The highest BCUT2D eigenvalue weighted by Crippen LogP contribution is 2.55. The summed E-state index contributed by atoms with van der Waals surface area (Å²) < 4.78 is 12.6. The van der Waals surface area contributed by atoms with Crippen LogP contribution in [-0.4, -0.2) is 11.8 Å². The zero-order valence-electron chi connectivity index (χ0n) is 10.9. The van der Waals surface area contributed by atoms with Gasteiger partial charge in [-0.15, -0.1) is 0 Å².